The van der Waals surface area contributed by atoms with Gasteiger partial charge in [0.05, 0.1) is 0 Å². The number of primary amides is 1. The lowest BCUT2D eigenvalue weighted by atomic mass is 10.2. The predicted octanol–water partition coefficient (Wildman–Crippen LogP) is 2.56. The van der Waals surface area contributed by atoms with Crippen molar-refractivity contribution < 1.29 is 9.53 Å². The van der Waals surface area contributed by atoms with Gasteiger partial charge in [0.15, 0.2) is 0 Å². The number of hydrogen-bond acceptors (Lipinski definition) is 3. The van der Waals surface area contributed by atoms with Crippen molar-refractivity contribution >= 4 is 12.1 Å². The van der Waals surface area contributed by atoms with E-state index in [1.165, 1.54) is 0 Å². The number of nitrogens with two attached hydrogens (primary N) is 1. The van der Waals surface area contributed by atoms with E-state index in [1.807, 2.05) is 54.6 Å². The second-order valence-corrected chi connectivity index (χ2v) is 4.70. The Hall–Kier alpha value is -2.62. The molecular formula is C17H18N2O2. The number of carbonyl (C=O) groups excluding carboxylic acids is 1. The molecule has 2 rings (SSSR count). The molecule has 4 heteroatoms. The summed E-state index contributed by atoms with van der Waals surface area (Å²) in [6.45, 7) is 2.20. The van der Waals surface area contributed by atoms with Gasteiger partial charge in [0.25, 0.3) is 0 Å². The Morgan fingerprint density at radius 2 is 1.86 bits per heavy atom. The van der Waals surface area contributed by atoms with E-state index in [0.717, 1.165) is 16.9 Å². The zero-order chi connectivity index (χ0) is 15.1. The number of carbonyl (C=O) groups is 1. The van der Waals surface area contributed by atoms with Gasteiger partial charge in [0.1, 0.15) is 18.4 Å². The second-order valence-electron chi connectivity index (χ2n) is 4.70. The summed E-state index contributed by atoms with van der Waals surface area (Å²) in [7, 11) is 0. The highest BCUT2D eigenvalue weighted by atomic mass is 16.5. The summed E-state index contributed by atoms with van der Waals surface area (Å²) in [5.41, 5.74) is 7.17. The van der Waals surface area contributed by atoms with E-state index in [-0.39, 0.29) is 0 Å². The largest absolute Gasteiger partial charge is 0.489 e. The lowest BCUT2D eigenvalue weighted by Crippen LogP contribution is -2.23. The highest BCUT2D eigenvalue weighted by Gasteiger charge is 2.03. The Kier molecular flexibility index (Phi) is 5.10. The first-order valence-corrected chi connectivity index (χ1v) is 6.74. The van der Waals surface area contributed by atoms with Crippen molar-refractivity contribution in [3.05, 3.63) is 65.7 Å². The molecule has 108 valence electrons. The fourth-order valence-corrected chi connectivity index (χ4v) is 1.66. The SMILES string of the molecule is CC(/N=C/c1ccc(OCc2ccccc2)cc1)C(N)=O. The quantitative estimate of drug-likeness (QED) is 0.827. The summed E-state index contributed by atoms with van der Waals surface area (Å²) in [5.74, 6) is 0.355. The molecule has 0 saturated heterocycles. The molecule has 0 fully saturated rings. The molecule has 0 spiro atoms. The minimum atomic E-state index is -0.515. The normalized spacial score (nSPS) is 12.2. The van der Waals surface area contributed by atoms with E-state index in [2.05, 4.69) is 4.99 Å². The Labute approximate surface area is 124 Å². The second kappa shape index (κ2) is 7.24. The van der Waals surface area contributed by atoms with Gasteiger partial charge in [-0.2, -0.15) is 0 Å². The number of ether oxygens (including phenoxy) is 1. The predicted molar refractivity (Wildman–Crippen MR) is 83.5 cm³/mol. The van der Waals surface area contributed by atoms with Crippen LogP contribution in [0.25, 0.3) is 0 Å². The number of aliphatic imine (C=N–C) groups is 1. The average molecular weight is 282 g/mol. The Morgan fingerprint density at radius 3 is 2.48 bits per heavy atom. The fraction of sp³-hybridized carbons (Fsp3) is 0.176. The highest BCUT2D eigenvalue weighted by molar-refractivity contribution is 5.85. The van der Waals surface area contributed by atoms with Crippen LogP contribution in [0.2, 0.25) is 0 Å². The molecule has 1 amide bonds. The first-order valence-electron chi connectivity index (χ1n) is 6.74. The molecule has 0 aliphatic rings. The highest BCUT2D eigenvalue weighted by Crippen LogP contribution is 2.13. The molecule has 2 aromatic rings. The summed E-state index contributed by atoms with van der Waals surface area (Å²) in [6, 6.07) is 17.0. The molecule has 1 atom stereocenters. The van der Waals surface area contributed by atoms with Gasteiger partial charge in [-0.05, 0) is 42.3 Å². The minimum absolute atomic E-state index is 0.436. The van der Waals surface area contributed by atoms with E-state index < -0.39 is 11.9 Å². The van der Waals surface area contributed by atoms with Crippen LogP contribution < -0.4 is 10.5 Å². The van der Waals surface area contributed by atoms with E-state index in [9.17, 15) is 4.79 Å². The summed E-state index contributed by atoms with van der Waals surface area (Å²) < 4.78 is 5.69. The van der Waals surface area contributed by atoms with Gasteiger partial charge in [0, 0.05) is 6.21 Å². The molecule has 0 saturated carbocycles. The molecule has 21 heavy (non-hydrogen) atoms. The maximum absolute atomic E-state index is 10.9. The van der Waals surface area contributed by atoms with Crippen LogP contribution in [-0.2, 0) is 11.4 Å². The number of nitrogens with zero attached hydrogens (tertiary/aromatic N) is 1. The third-order valence-electron chi connectivity index (χ3n) is 2.99. The molecule has 2 N–H and O–H groups in total. The molecule has 4 nitrogen and oxygen atoms in total. The first kappa shape index (κ1) is 14.8. The molecule has 1 unspecified atom stereocenters. The van der Waals surface area contributed by atoms with Gasteiger partial charge < -0.3 is 10.5 Å². The summed E-state index contributed by atoms with van der Waals surface area (Å²) in [4.78, 5) is 15.0. The summed E-state index contributed by atoms with van der Waals surface area (Å²) >= 11 is 0. The van der Waals surface area contributed by atoms with E-state index in [4.69, 9.17) is 10.5 Å². The van der Waals surface area contributed by atoms with Gasteiger partial charge >= 0.3 is 0 Å². The molecule has 2 aromatic carbocycles. The van der Waals surface area contributed by atoms with Crippen LogP contribution in [0.4, 0.5) is 0 Å². The topological polar surface area (TPSA) is 64.7 Å². The zero-order valence-electron chi connectivity index (χ0n) is 11.9. The third-order valence-corrected chi connectivity index (χ3v) is 2.99. The fourth-order valence-electron chi connectivity index (χ4n) is 1.66. The summed E-state index contributed by atoms with van der Waals surface area (Å²) in [5, 5.41) is 0. The maximum atomic E-state index is 10.9. The Balaban J connectivity index is 1.91. The van der Waals surface area contributed by atoms with E-state index >= 15 is 0 Å². The number of benzene rings is 2. The number of rotatable bonds is 6. The average Bonchev–Trinajstić information content (AvgIpc) is 2.52. The van der Waals surface area contributed by atoms with Crippen molar-refractivity contribution in [2.75, 3.05) is 0 Å². The number of hydrogen-bond donors (Lipinski definition) is 1. The Bertz CT molecular complexity index is 606. The van der Waals surface area contributed by atoms with E-state index in [0.29, 0.717) is 6.61 Å². The van der Waals surface area contributed by atoms with Gasteiger partial charge in [-0.15, -0.1) is 0 Å². The van der Waals surface area contributed by atoms with Crippen LogP contribution in [0.1, 0.15) is 18.1 Å². The molecule has 0 heterocycles. The number of amides is 1. The minimum Gasteiger partial charge on any atom is -0.489 e. The van der Waals surface area contributed by atoms with Crippen LogP contribution in [0, 0.1) is 0 Å². The molecule has 0 aliphatic carbocycles. The van der Waals surface area contributed by atoms with Gasteiger partial charge in [-0.3, -0.25) is 9.79 Å². The summed E-state index contributed by atoms with van der Waals surface area (Å²) in [6.07, 6.45) is 1.64. The van der Waals surface area contributed by atoms with Gasteiger partial charge in [0.2, 0.25) is 5.91 Å². The lowest BCUT2D eigenvalue weighted by Gasteiger charge is -2.06. The molecule has 0 bridgehead atoms. The molecule has 0 aromatic heterocycles. The molecular weight excluding hydrogens is 264 g/mol. The van der Waals surface area contributed by atoms with Crippen LogP contribution in [-0.4, -0.2) is 18.2 Å². The molecule has 0 radical (unpaired) electrons. The van der Waals surface area contributed by atoms with Crippen LogP contribution >= 0.6 is 0 Å². The van der Waals surface area contributed by atoms with Crippen molar-refractivity contribution in [1.29, 1.82) is 0 Å². The maximum Gasteiger partial charge on any atom is 0.241 e. The van der Waals surface area contributed by atoms with Crippen molar-refractivity contribution in [3.63, 3.8) is 0 Å². The standard InChI is InChI=1S/C17H18N2O2/c1-13(17(18)20)19-11-14-7-9-16(10-8-14)21-12-15-5-3-2-4-6-15/h2-11,13H,12H2,1H3,(H2,18,20)/b19-11+. The molecule has 0 aliphatic heterocycles. The monoisotopic (exact) mass is 282 g/mol. The van der Waals surface area contributed by atoms with Crippen LogP contribution in [0.5, 0.6) is 5.75 Å². The third kappa shape index (κ3) is 4.76. The zero-order valence-corrected chi connectivity index (χ0v) is 11.9. The van der Waals surface area contributed by atoms with Gasteiger partial charge in [-0.25, -0.2) is 0 Å². The van der Waals surface area contributed by atoms with Gasteiger partial charge in [-0.1, -0.05) is 30.3 Å². The van der Waals surface area contributed by atoms with Crippen molar-refractivity contribution in [2.45, 2.75) is 19.6 Å². The van der Waals surface area contributed by atoms with Crippen LogP contribution in [0.3, 0.4) is 0 Å². The van der Waals surface area contributed by atoms with Crippen molar-refractivity contribution in [2.24, 2.45) is 10.7 Å². The lowest BCUT2D eigenvalue weighted by molar-refractivity contribution is -0.118. The van der Waals surface area contributed by atoms with Crippen molar-refractivity contribution in [1.82, 2.24) is 0 Å². The van der Waals surface area contributed by atoms with Crippen molar-refractivity contribution in [3.8, 4) is 5.75 Å². The first-order chi connectivity index (χ1) is 10.1. The van der Waals surface area contributed by atoms with Crippen LogP contribution in [0.15, 0.2) is 59.6 Å². The van der Waals surface area contributed by atoms with E-state index in [1.54, 1.807) is 13.1 Å². The Morgan fingerprint density at radius 1 is 1.19 bits per heavy atom. The smallest absolute Gasteiger partial charge is 0.241 e.